The molecule has 1 aliphatic rings. The fourth-order valence-corrected chi connectivity index (χ4v) is 5.76. The molecule has 3 atom stereocenters. The standard InChI is InChI=1S/C23H32N8O7S2/c1-12(32)28-16-11-39-40-17-7-3-2-5-13(17)30-21(37)15(9-19(34)35)29-18(33)10-27-20(36)14(31-22(16)38)6-4-8-26-23(24)25/h2-3,5,7,14-16H,4,6,8-11H2,1H3,(H,27,36)(H,28,32)(H,29,33)(H,30,37)(H,31,38)(H,34,35)(H4,24,25,26)/t14-,15-,16-/m0/s1. The zero-order chi connectivity index (χ0) is 29.7. The largest absolute Gasteiger partial charge is 0.481 e. The molecule has 0 unspecified atom stereocenters. The molecule has 0 fully saturated rings. The Morgan fingerprint density at radius 2 is 1.80 bits per heavy atom. The number of amides is 5. The van der Waals surface area contributed by atoms with Gasteiger partial charge in [-0.25, -0.2) is 0 Å². The summed E-state index contributed by atoms with van der Waals surface area (Å²) in [5.41, 5.74) is 11.0. The second-order valence-electron chi connectivity index (χ2n) is 8.55. The van der Waals surface area contributed by atoms with Crippen molar-refractivity contribution in [2.45, 2.75) is 49.2 Å². The Hall–Kier alpha value is -3.99. The van der Waals surface area contributed by atoms with E-state index in [0.29, 0.717) is 17.0 Å². The lowest BCUT2D eigenvalue weighted by Gasteiger charge is -2.22. The van der Waals surface area contributed by atoms with Crippen molar-refractivity contribution in [3.05, 3.63) is 24.3 Å². The molecule has 15 nitrogen and oxygen atoms in total. The molecular weight excluding hydrogens is 564 g/mol. The Bertz CT molecular complexity index is 1150. The number of aliphatic carboxylic acids is 1. The number of benzene rings is 1. The molecule has 17 heteroatoms. The van der Waals surface area contributed by atoms with E-state index >= 15 is 0 Å². The second-order valence-corrected chi connectivity index (χ2v) is 10.9. The van der Waals surface area contributed by atoms with Crippen LogP contribution in [0.1, 0.15) is 26.2 Å². The van der Waals surface area contributed by atoms with Gasteiger partial charge in [0, 0.05) is 24.1 Å². The highest BCUT2D eigenvalue weighted by atomic mass is 33.1. The zero-order valence-electron chi connectivity index (χ0n) is 21.6. The van der Waals surface area contributed by atoms with E-state index < -0.39 is 66.6 Å². The van der Waals surface area contributed by atoms with Crippen LogP contribution in [0, 0.1) is 0 Å². The second kappa shape index (κ2) is 16.2. The Labute approximate surface area is 237 Å². The smallest absolute Gasteiger partial charge is 0.305 e. The first-order valence-corrected chi connectivity index (χ1v) is 14.4. The lowest BCUT2D eigenvalue weighted by Crippen LogP contribution is -2.55. The van der Waals surface area contributed by atoms with E-state index in [9.17, 15) is 33.9 Å². The first-order chi connectivity index (χ1) is 19.0. The number of carbonyl (C=O) groups excluding carboxylic acids is 5. The number of nitrogens with one attached hydrogen (secondary N) is 5. The van der Waals surface area contributed by atoms with Gasteiger partial charge in [-0.15, -0.1) is 0 Å². The maximum atomic E-state index is 13.1. The third-order valence-electron chi connectivity index (χ3n) is 5.25. The topological polar surface area (TPSA) is 247 Å². The average Bonchev–Trinajstić information content (AvgIpc) is 2.87. The van der Waals surface area contributed by atoms with Crippen LogP contribution >= 0.6 is 21.6 Å². The highest BCUT2D eigenvalue weighted by Crippen LogP contribution is 2.36. The van der Waals surface area contributed by atoms with E-state index in [1.807, 2.05) is 0 Å². The summed E-state index contributed by atoms with van der Waals surface area (Å²) >= 11 is 0. The molecule has 40 heavy (non-hydrogen) atoms. The van der Waals surface area contributed by atoms with E-state index in [0.717, 1.165) is 0 Å². The molecule has 0 bridgehead atoms. The summed E-state index contributed by atoms with van der Waals surface area (Å²) in [5.74, 6) is -4.74. The highest BCUT2D eigenvalue weighted by Gasteiger charge is 2.28. The number of para-hydroxylation sites is 1. The zero-order valence-corrected chi connectivity index (χ0v) is 23.2. The van der Waals surface area contributed by atoms with Crippen LogP contribution in [-0.4, -0.2) is 83.5 Å². The monoisotopic (exact) mass is 596 g/mol. The van der Waals surface area contributed by atoms with Gasteiger partial charge in [-0.3, -0.25) is 33.8 Å². The van der Waals surface area contributed by atoms with Crippen molar-refractivity contribution in [3.8, 4) is 0 Å². The third kappa shape index (κ3) is 11.4. The van der Waals surface area contributed by atoms with Gasteiger partial charge >= 0.3 is 5.97 Å². The minimum Gasteiger partial charge on any atom is -0.481 e. The summed E-state index contributed by atoms with van der Waals surface area (Å²) in [6.07, 6.45) is -0.297. The fourth-order valence-electron chi connectivity index (χ4n) is 3.42. The minimum atomic E-state index is -1.43. The molecule has 1 aromatic carbocycles. The van der Waals surface area contributed by atoms with Gasteiger partial charge in [0.15, 0.2) is 5.96 Å². The molecule has 2 rings (SSSR count). The quantitative estimate of drug-likeness (QED) is 0.0778. The van der Waals surface area contributed by atoms with Crippen molar-refractivity contribution in [3.63, 3.8) is 0 Å². The van der Waals surface area contributed by atoms with Gasteiger partial charge in [0.2, 0.25) is 29.5 Å². The van der Waals surface area contributed by atoms with Gasteiger partial charge in [-0.2, -0.15) is 0 Å². The first-order valence-electron chi connectivity index (χ1n) is 12.1. The van der Waals surface area contributed by atoms with Crippen LogP contribution in [0.3, 0.4) is 0 Å². The highest BCUT2D eigenvalue weighted by molar-refractivity contribution is 8.76. The molecule has 1 aliphatic heterocycles. The van der Waals surface area contributed by atoms with Crippen molar-refractivity contribution in [2.24, 2.45) is 16.5 Å². The van der Waals surface area contributed by atoms with Crippen LogP contribution in [0.5, 0.6) is 0 Å². The minimum absolute atomic E-state index is 0.0993. The molecule has 1 aromatic rings. The molecule has 0 saturated heterocycles. The number of fused-ring (bicyclic) bond motifs is 1. The van der Waals surface area contributed by atoms with Crippen LogP contribution in [0.25, 0.3) is 0 Å². The summed E-state index contributed by atoms with van der Waals surface area (Å²) in [6, 6.07) is 3.13. The van der Waals surface area contributed by atoms with Gasteiger partial charge in [0.1, 0.15) is 18.1 Å². The number of rotatable bonds is 7. The van der Waals surface area contributed by atoms with E-state index in [-0.39, 0.29) is 24.7 Å². The van der Waals surface area contributed by atoms with Crippen molar-refractivity contribution in [1.29, 1.82) is 0 Å². The SMILES string of the molecule is CC(=O)N[C@H]1CSSc2ccccc2NC(=O)[C@H](CC(=O)O)NC(=O)CNC(=O)[C@H](CCCN=C(N)N)NC1=O. The van der Waals surface area contributed by atoms with Crippen LogP contribution in [-0.2, 0) is 28.8 Å². The molecule has 10 N–H and O–H groups in total. The predicted molar refractivity (Wildman–Crippen MR) is 150 cm³/mol. The van der Waals surface area contributed by atoms with Crippen molar-refractivity contribution < 1.29 is 33.9 Å². The Balaban J connectivity index is 2.35. The number of nitrogens with zero attached hydrogens (tertiary/aromatic N) is 1. The third-order valence-corrected chi connectivity index (χ3v) is 7.68. The van der Waals surface area contributed by atoms with Gasteiger partial charge in [0.25, 0.3) is 0 Å². The van der Waals surface area contributed by atoms with E-state index in [1.54, 1.807) is 24.3 Å². The van der Waals surface area contributed by atoms with Crippen molar-refractivity contribution in [2.75, 3.05) is 24.2 Å². The van der Waals surface area contributed by atoms with Crippen molar-refractivity contribution >= 4 is 68.7 Å². The van der Waals surface area contributed by atoms with Crippen LogP contribution < -0.4 is 38.1 Å². The molecule has 0 saturated carbocycles. The number of hydrogen-bond acceptors (Lipinski definition) is 9. The fraction of sp³-hybridized carbons (Fsp3) is 0.435. The normalized spacial score (nSPS) is 20.9. The van der Waals surface area contributed by atoms with Gasteiger partial charge < -0.3 is 43.2 Å². The molecule has 218 valence electrons. The van der Waals surface area contributed by atoms with Crippen LogP contribution in [0.2, 0.25) is 0 Å². The average molecular weight is 597 g/mol. The maximum absolute atomic E-state index is 13.1. The van der Waals surface area contributed by atoms with Crippen molar-refractivity contribution in [1.82, 2.24) is 21.3 Å². The molecular formula is C23H32N8O7S2. The number of nitrogens with two attached hydrogens (primary N) is 2. The molecule has 0 aliphatic carbocycles. The van der Waals surface area contributed by atoms with Gasteiger partial charge in [0.05, 0.1) is 18.7 Å². The van der Waals surface area contributed by atoms with Gasteiger partial charge in [-0.1, -0.05) is 33.7 Å². The summed E-state index contributed by atoms with van der Waals surface area (Å²) in [6.45, 7) is 0.833. The number of anilines is 1. The van der Waals surface area contributed by atoms with Gasteiger partial charge in [-0.05, 0) is 25.0 Å². The Morgan fingerprint density at radius 1 is 1.07 bits per heavy atom. The summed E-state index contributed by atoms with van der Waals surface area (Å²) in [5, 5.41) is 21.7. The predicted octanol–water partition coefficient (Wildman–Crippen LogP) is -1.50. The number of carboxylic acids is 1. The molecule has 0 spiro atoms. The molecule has 5 amide bonds. The Morgan fingerprint density at radius 3 is 2.48 bits per heavy atom. The Kier molecular flexibility index (Phi) is 13.0. The van der Waals surface area contributed by atoms with E-state index in [2.05, 4.69) is 31.6 Å². The summed E-state index contributed by atoms with van der Waals surface area (Å²) < 4.78 is 0. The summed E-state index contributed by atoms with van der Waals surface area (Å²) in [7, 11) is 2.42. The van der Waals surface area contributed by atoms with E-state index in [4.69, 9.17) is 11.5 Å². The van der Waals surface area contributed by atoms with Crippen LogP contribution in [0.15, 0.2) is 34.2 Å². The number of hydrogen-bond donors (Lipinski definition) is 8. The summed E-state index contributed by atoms with van der Waals surface area (Å²) in [4.78, 5) is 79.1. The van der Waals surface area contributed by atoms with Crippen LogP contribution in [0.4, 0.5) is 5.69 Å². The lowest BCUT2D eigenvalue weighted by atomic mass is 10.1. The number of carboxylic acid groups (broad SMARTS) is 1. The van der Waals surface area contributed by atoms with E-state index in [1.165, 1.54) is 28.5 Å². The maximum Gasteiger partial charge on any atom is 0.305 e. The molecule has 0 radical (unpaired) electrons. The molecule has 0 aromatic heterocycles. The lowest BCUT2D eigenvalue weighted by molar-refractivity contribution is -0.140. The molecule has 1 heterocycles. The number of guanidine groups is 1. The first kappa shape index (κ1) is 32.2. The number of aliphatic imine (C=N–C) groups is 1. The number of carbonyl (C=O) groups is 6.